The summed E-state index contributed by atoms with van der Waals surface area (Å²) < 4.78 is 13.0. The topological polar surface area (TPSA) is 149 Å². The van der Waals surface area contributed by atoms with Crippen molar-refractivity contribution in [2.24, 2.45) is 0 Å². The molecule has 0 radical (unpaired) electrons. The number of ether oxygens (including phenoxy) is 2. The summed E-state index contributed by atoms with van der Waals surface area (Å²) in [5.74, 6) is 0.576. The minimum Gasteiger partial charge on any atom is -0.397 e. The maximum Gasteiger partial charge on any atom is 0.224 e. The quantitative estimate of drug-likeness (QED) is 0.0346. The molecule has 1 fully saturated rings. The Morgan fingerprint density at radius 1 is 0.792 bits per heavy atom. The van der Waals surface area contributed by atoms with Crippen molar-refractivity contribution in [3.8, 4) is 11.1 Å². The molecule has 4 aromatic carbocycles. The summed E-state index contributed by atoms with van der Waals surface area (Å²) in [6, 6.07) is 33.1. The van der Waals surface area contributed by atoms with Crippen LogP contribution in [0, 0.1) is 0 Å². The molecule has 0 unspecified atom stereocenters. The van der Waals surface area contributed by atoms with Crippen LogP contribution in [0.15, 0.2) is 121 Å². The molecule has 6 rings (SSSR count). The van der Waals surface area contributed by atoms with E-state index in [1.807, 2.05) is 66.7 Å². The zero-order chi connectivity index (χ0) is 36.8. The Hall–Kier alpha value is -5.07. The van der Waals surface area contributed by atoms with E-state index < -0.39 is 6.29 Å². The van der Waals surface area contributed by atoms with Crippen molar-refractivity contribution >= 4 is 35.0 Å². The predicted octanol–water partition coefficient (Wildman–Crippen LogP) is 7.76. The summed E-state index contributed by atoms with van der Waals surface area (Å²) in [6.45, 7) is 0.402. The lowest BCUT2D eigenvalue weighted by Gasteiger charge is -2.36. The van der Waals surface area contributed by atoms with E-state index in [1.54, 1.807) is 42.4 Å². The zero-order valence-electron chi connectivity index (χ0n) is 29.5. The van der Waals surface area contributed by atoms with Gasteiger partial charge in [-0.2, -0.15) is 0 Å². The first-order chi connectivity index (χ1) is 25.9. The number of carbonyl (C=O) groups excluding carboxylic acids is 2. The second-order valence-electron chi connectivity index (χ2n) is 12.9. The lowest BCUT2D eigenvalue weighted by atomic mass is 9.97. The molecular formula is C42H45N5O5S. The van der Waals surface area contributed by atoms with E-state index in [4.69, 9.17) is 15.2 Å². The molecular weight excluding hydrogens is 687 g/mol. The Labute approximate surface area is 314 Å². The summed E-state index contributed by atoms with van der Waals surface area (Å²) >= 11 is 1.56. The first-order valence-electron chi connectivity index (χ1n) is 17.9. The van der Waals surface area contributed by atoms with Crippen molar-refractivity contribution in [3.05, 3.63) is 138 Å². The highest BCUT2D eigenvalue weighted by Gasteiger charge is 2.32. The largest absolute Gasteiger partial charge is 0.397 e. The first kappa shape index (κ1) is 37.7. The molecule has 2 amide bonds. The summed E-state index contributed by atoms with van der Waals surface area (Å²) in [4.78, 5) is 33.7. The molecule has 3 atom stereocenters. The first-order valence-corrected chi connectivity index (χ1v) is 18.9. The number of rotatable bonds is 16. The molecule has 0 spiro atoms. The van der Waals surface area contributed by atoms with E-state index in [1.165, 1.54) is 0 Å². The number of nitrogens with zero attached hydrogens (tertiary/aromatic N) is 2. The monoisotopic (exact) mass is 731 g/mol. The van der Waals surface area contributed by atoms with Crippen LogP contribution >= 0.6 is 11.8 Å². The van der Waals surface area contributed by atoms with Gasteiger partial charge in [0.15, 0.2) is 11.4 Å². The fourth-order valence-electron chi connectivity index (χ4n) is 6.18. The Bertz CT molecular complexity index is 1930. The minimum atomic E-state index is -0.575. The van der Waals surface area contributed by atoms with Crippen molar-refractivity contribution in [3.63, 3.8) is 0 Å². The van der Waals surface area contributed by atoms with Gasteiger partial charge in [0.05, 0.1) is 30.2 Å². The number of nitrogens with one attached hydrogen (secondary N) is 2. The zero-order valence-corrected chi connectivity index (χ0v) is 30.3. The number of carbonyl (C=O) groups is 2. The number of hydrogen-bond donors (Lipinski definition) is 4. The third kappa shape index (κ3) is 11.0. The molecule has 53 heavy (non-hydrogen) atoms. The molecule has 1 aromatic heterocycles. The van der Waals surface area contributed by atoms with Gasteiger partial charge in [-0.25, -0.2) is 9.97 Å². The standard InChI is InChI=1S/C42H45N5O5S/c43-36-11-6-7-12-37(36)47-40(50)14-3-1-2-13-39(49)46-26-33-9-4-5-10-35(33)30-19-21-32(22-20-30)41-51-34(28-53-42-44-23-8-24-45-42)25-38(52-41)31-17-15-29(27-48)16-18-31/h4-12,15-24,34,38,41,48H,1-3,13-14,25-28,43H2,(H,46,49)(H,47,50)/t34-,38+,41+/m0/s1. The predicted molar refractivity (Wildman–Crippen MR) is 207 cm³/mol. The van der Waals surface area contributed by atoms with E-state index in [9.17, 15) is 14.7 Å². The van der Waals surface area contributed by atoms with Crippen LogP contribution in [0.1, 0.15) is 73.2 Å². The van der Waals surface area contributed by atoms with Crippen LogP contribution in [0.25, 0.3) is 11.1 Å². The summed E-state index contributed by atoms with van der Waals surface area (Å²) in [6.07, 6.45) is 6.24. The number of aliphatic hydroxyl groups is 1. The third-order valence-corrected chi connectivity index (χ3v) is 10.1. The number of unbranched alkanes of at least 4 members (excludes halogenated alkanes) is 2. The molecule has 0 aliphatic carbocycles. The second-order valence-corrected chi connectivity index (χ2v) is 13.9. The Morgan fingerprint density at radius 3 is 2.25 bits per heavy atom. The fraction of sp³-hybridized carbons (Fsp3) is 0.286. The average molecular weight is 732 g/mol. The molecule has 1 aliphatic heterocycles. The van der Waals surface area contributed by atoms with Gasteiger partial charge in [0.2, 0.25) is 11.8 Å². The van der Waals surface area contributed by atoms with Crippen LogP contribution in [0.5, 0.6) is 0 Å². The van der Waals surface area contributed by atoms with Crippen LogP contribution in [0.4, 0.5) is 11.4 Å². The molecule has 5 aromatic rings. The summed E-state index contributed by atoms with van der Waals surface area (Å²) in [7, 11) is 0. The number of anilines is 2. The lowest BCUT2D eigenvalue weighted by molar-refractivity contribution is -0.245. The van der Waals surface area contributed by atoms with Gasteiger partial charge in [-0.05, 0) is 58.9 Å². The van der Waals surface area contributed by atoms with Gasteiger partial charge in [-0.3, -0.25) is 9.59 Å². The van der Waals surface area contributed by atoms with Gasteiger partial charge >= 0.3 is 0 Å². The van der Waals surface area contributed by atoms with Crippen LogP contribution in [0.3, 0.4) is 0 Å². The number of nitrogens with two attached hydrogens (primary N) is 1. The van der Waals surface area contributed by atoms with Gasteiger partial charge in [-0.1, -0.05) is 103 Å². The number of benzene rings is 4. The smallest absolute Gasteiger partial charge is 0.224 e. The van der Waals surface area contributed by atoms with Crippen molar-refractivity contribution in [2.75, 3.05) is 16.8 Å². The molecule has 11 heteroatoms. The maximum absolute atomic E-state index is 12.7. The van der Waals surface area contributed by atoms with E-state index in [0.29, 0.717) is 60.9 Å². The molecule has 5 N–H and O–H groups in total. The number of nitrogen functional groups attached to an aromatic ring is 1. The van der Waals surface area contributed by atoms with E-state index >= 15 is 0 Å². The number of amides is 2. The number of thioether (sulfide) groups is 1. The summed E-state index contributed by atoms with van der Waals surface area (Å²) in [5.41, 5.74) is 12.9. The van der Waals surface area contributed by atoms with Gasteiger partial charge in [-0.15, -0.1) is 0 Å². The van der Waals surface area contributed by atoms with E-state index in [2.05, 4.69) is 38.8 Å². The molecule has 274 valence electrons. The second kappa shape index (κ2) is 19.1. The highest BCUT2D eigenvalue weighted by atomic mass is 32.2. The van der Waals surface area contributed by atoms with Gasteiger partial charge in [0, 0.05) is 49.5 Å². The average Bonchev–Trinajstić information content (AvgIpc) is 3.20. The Kier molecular flexibility index (Phi) is 13.6. The minimum absolute atomic E-state index is 0.00864. The lowest BCUT2D eigenvalue weighted by Crippen LogP contribution is -2.31. The number of hydrogen-bond acceptors (Lipinski definition) is 9. The highest BCUT2D eigenvalue weighted by Crippen LogP contribution is 2.40. The van der Waals surface area contributed by atoms with Crippen molar-refractivity contribution < 1.29 is 24.2 Å². The summed E-state index contributed by atoms with van der Waals surface area (Å²) in [5, 5.41) is 16.1. The van der Waals surface area contributed by atoms with Gasteiger partial charge in [0.25, 0.3) is 0 Å². The van der Waals surface area contributed by atoms with Crippen LogP contribution in [0.2, 0.25) is 0 Å². The molecule has 1 aliphatic rings. The number of aliphatic hydroxyl groups excluding tert-OH is 1. The number of aromatic nitrogens is 2. The van der Waals surface area contributed by atoms with E-state index in [-0.39, 0.29) is 30.6 Å². The van der Waals surface area contributed by atoms with Crippen molar-refractivity contribution in [2.45, 2.75) is 75.3 Å². The molecule has 0 bridgehead atoms. The highest BCUT2D eigenvalue weighted by molar-refractivity contribution is 7.99. The molecule has 1 saturated heterocycles. The fourth-order valence-corrected chi connectivity index (χ4v) is 7.00. The molecule has 0 saturated carbocycles. The van der Waals surface area contributed by atoms with Gasteiger partial charge in [0.1, 0.15) is 0 Å². The number of para-hydroxylation sites is 2. The third-order valence-electron chi connectivity index (χ3n) is 9.09. The van der Waals surface area contributed by atoms with Gasteiger partial charge < -0.3 is 30.9 Å². The van der Waals surface area contributed by atoms with Crippen molar-refractivity contribution in [1.29, 1.82) is 0 Å². The molecule has 10 nitrogen and oxygen atoms in total. The SMILES string of the molecule is Nc1ccccc1NC(=O)CCCCCC(=O)NCc1ccccc1-c1ccc([C@@H]2O[C@H](CSc3ncccn3)C[C@H](c3ccc(CO)cc3)O2)cc1. The molecule has 2 heterocycles. The van der Waals surface area contributed by atoms with E-state index in [0.717, 1.165) is 39.8 Å². The van der Waals surface area contributed by atoms with Crippen LogP contribution in [-0.2, 0) is 32.2 Å². The maximum atomic E-state index is 12.7. The Balaban J connectivity index is 1.02. The van der Waals surface area contributed by atoms with Crippen molar-refractivity contribution in [1.82, 2.24) is 15.3 Å². The normalized spacial score (nSPS) is 16.9. The van der Waals surface area contributed by atoms with Crippen LogP contribution < -0.4 is 16.4 Å². The Morgan fingerprint density at radius 2 is 1.49 bits per heavy atom. The van der Waals surface area contributed by atoms with Crippen LogP contribution in [-0.4, -0.2) is 38.7 Å².